The van der Waals surface area contributed by atoms with Crippen molar-refractivity contribution in [1.29, 1.82) is 0 Å². The molecule has 1 saturated heterocycles. The fourth-order valence-electron chi connectivity index (χ4n) is 2.54. The predicted octanol–water partition coefficient (Wildman–Crippen LogP) is 1.70. The van der Waals surface area contributed by atoms with Crippen molar-refractivity contribution in [3.63, 3.8) is 0 Å². The van der Waals surface area contributed by atoms with Crippen molar-refractivity contribution >= 4 is 11.5 Å². The lowest BCUT2D eigenvalue weighted by molar-refractivity contribution is -0.127. The van der Waals surface area contributed by atoms with Gasteiger partial charge in [-0.1, -0.05) is 30.3 Å². The Morgan fingerprint density at radius 1 is 1.45 bits per heavy atom. The van der Waals surface area contributed by atoms with Gasteiger partial charge in [-0.2, -0.15) is 0 Å². The molecule has 1 heterocycles. The highest BCUT2D eigenvalue weighted by Crippen LogP contribution is 2.21. The summed E-state index contributed by atoms with van der Waals surface area (Å²) in [6.07, 6.45) is 2.34. The van der Waals surface area contributed by atoms with Gasteiger partial charge in [-0.05, 0) is 24.5 Å². The van der Waals surface area contributed by atoms with E-state index in [1.165, 1.54) is 0 Å². The first-order chi connectivity index (χ1) is 9.65. The van der Waals surface area contributed by atoms with Gasteiger partial charge in [0, 0.05) is 19.7 Å². The first-order valence-corrected chi connectivity index (χ1v) is 6.83. The standard InChI is InChI=1S/C16H21NO3/c1-12(13-6-4-3-5-7-13)8-16(19)17-10-15(20-2)9-14(17)11-18/h3-8,14-15,18H,9-11H2,1-2H3/b12-8+/t14-,15-/m0/s1. The lowest BCUT2D eigenvalue weighted by atomic mass is 10.1. The number of hydrogen-bond donors (Lipinski definition) is 1. The summed E-state index contributed by atoms with van der Waals surface area (Å²) in [6.45, 7) is 2.44. The minimum absolute atomic E-state index is 0.0153. The van der Waals surface area contributed by atoms with Crippen molar-refractivity contribution in [3.05, 3.63) is 42.0 Å². The van der Waals surface area contributed by atoms with Crippen LogP contribution in [0.25, 0.3) is 5.57 Å². The largest absolute Gasteiger partial charge is 0.394 e. The Morgan fingerprint density at radius 2 is 2.15 bits per heavy atom. The van der Waals surface area contributed by atoms with Crippen LogP contribution in [-0.2, 0) is 9.53 Å². The van der Waals surface area contributed by atoms with E-state index in [0.717, 1.165) is 11.1 Å². The van der Waals surface area contributed by atoms with Crippen LogP contribution in [0.2, 0.25) is 0 Å². The summed E-state index contributed by atoms with van der Waals surface area (Å²) < 4.78 is 5.29. The van der Waals surface area contributed by atoms with E-state index in [1.807, 2.05) is 37.3 Å². The Bertz CT molecular complexity index is 484. The van der Waals surface area contributed by atoms with E-state index in [9.17, 15) is 9.90 Å². The number of ether oxygens (including phenoxy) is 1. The highest BCUT2D eigenvalue weighted by molar-refractivity contribution is 5.95. The van der Waals surface area contributed by atoms with Crippen LogP contribution in [0, 0.1) is 0 Å². The van der Waals surface area contributed by atoms with E-state index in [0.29, 0.717) is 13.0 Å². The number of benzene rings is 1. The maximum atomic E-state index is 12.3. The molecule has 0 bridgehead atoms. The number of hydrogen-bond acceptors (Lipinski definition) is 3. The number of aliphatic hydroxyl groups excluding tert-OH is 1. The molecule has 0 aliphatic carbocycles. The van der Waals surface area contributed by atoms with Crippen LogP contribution in [0.4, 0.5) is 0 Å². The van der Waals surface area contributed by atoms with Crippen LogP contribution in [0.1, 0.15) is 18.9 Å². The van der Waals surface area contributed by atoms with Crippen LogP contribution in [0.3, 0.4) is 0 Å². The summed E-state index contributed by atoms with van der Waals surface area (Å²) in [6, 6.07) is 9.65. The van der Waals surface area contributed by atoms with Gasteiger partial charge in [-0.25, -0.2) is 0 Å². The Kier molecular flexibility index (Phi) is 4.93. The first kappa shape index (κ1) is 14.8. The van der Waals surface area contributed by atoms with Gasteiger partial charge in [0.05, 0.1) is 18.8 Å². The molecule has 108 valence electrons. The summed E-state index contributed by atoms with van der Waals surface area (Å²) >= 11 is 0. The number of allylic oxidation sites excluding steroid dienone is 1. The van der Waals surface area contributed by atoms with Crippen LogP contribution in [0.5, 0.6) is 0 Å². The quantitative estimate of drug-likeness (QED) is 0.851. The summed E-state index contributed by atoms with van der Waals surface area (Å²) in [5.41, 5.74) is 1.96. The fourth-order valence-corrected chi connectivity index (χ4v) is 2.54. The van der Waals surface area contributed by atoms with Gasteiger partial charge in [0.1, 0.15) is 0 Å². The van der Waals surface area contributed by atoms with Gasteiger partial charge < -0.3 is 14.7 Å². The second-order valence-corrected chi connectivity index (χ2v) is 5.11. The normalized spacial score (nSPS) is 23.1. The van der Waals surface area contributed by atoms with Crippen molar-refractivity contribution in [2.75, 3.05) is 20.3 Å². The molecule has 4 heteroatoms. The number of rotatable bonds is 4. The minimum Gasteiger partial charge on any atom is -0.394 e. The first-order valence-electron chi connectivity index (χ1n) is 6.83. The van der Waals surface area contributed by atoms with Crippen molar-refractivity contribution in [2.24, 2.45) is 0 Å². The minimum atomic E-state index is -0.146. The number of carbonyl (C=O) groups is 1. The number of aliphatic hydroxyl groups is 1. The van der Waals surface area contributed by atoms with Crippen LogP contribution >= 0.6 is 0 Å². The highest BCUT2D eigenvalue weighted by atomic mass is 16.5. The van der Waals surface area contributed by atoms with E-state index >= 15 is 0 Å². The molecular formula is C16H21NO3. The molecule has 0 aromatic heterocycles. The molecular weight excluding hydrogens is 254 g/mol. The molecule has 1 aliphatic heterocycles. The highest BCUT2D eigenvalue weighted by Gasteiger charge is 2.33. The molecule has 0 radical (unpaired) electrons. The molecule has 1 fully saturated rings. The SMILES string of the molecule is CO[C@H]1C[C@@H](CO)N(C(=O)/C=C(\C)c2ccccc2)C1. The Morgan fingerprint density at radius 3 is 2.75 bits per heavy atom. The van der Waals surface area contributed by atoms with Crippen molar-refractivity contribution in [1.82, 2.24) is 4.90 Å². The van der Waals surface area contributed by atoms with Crippen LogP contribution in [-0.4, -0.2) is 48.3 Å². The topological polar surface area (TPSA) is 49.8 Å². The molecule has 2 atom stereocenters. The number of carbonyl (C=O) groups excluding carboxylic acids is 1. The molecule has 1 aromatic carbocycles. The van der Waals surface area contributed by atoms with Gasteiger partial charge in [-0.15, -0.1) is 0 Å². The number of likely N-dealkylation sites (tertiary alicyclic amines) is 1. The number of nitrogens with zero attached hydrogens (tertiary/aromatic N) is 1. The molecule has 0 saturated carbocycles. The average molecular weight is 275 g/mol. The number of methoxy groups -OCH3 is 1. The number of amides is 1. The maximum Gasteiger partial charge on any atom is 0.247 e. The molecule has 1 aromatic rings. The van der Waals surface area contributed by atoms with E-state index < -0.39 is 0 Å². The zero-order valence-electron chi connectivity index (χ0n) is 12.0. The Balaban J connectivity index is 2.11. The van der Waals surface area contributed by atoms with Crippen LogP contribution < -0.4 is 0 Å². The monoisotopic (exact) mass is 275 g/mol. The van der Waals surface area contributed by atoms with Gasteiger partial charge in [0.25, 0.3) is 0 Å². The molecule has 1 aliphatic rings. The van der Waals surface area contributed by atoms with E-state index in [-0.39, 0.29) is 24.7 Å². The maximum absolute atomic E-state index is 12.3. The average Bonchev–Trinajstić information content (AvgIpc) is 2.91. The summed E-state index contributed by atoms with van der Waals surface area (Å²) in [7, 11) is 1.64. The zero-order chi connectivity index (χ0) is 14.5. The molecule has 1 amide bonds. The van der Waals surface area contributed by atoms with Crippen molar-refractivity contribution in [2.45, 2.75) is 25.5 Å². The predicted molar refractivity (Wildman–Crippen MR) is 78.1 cm³/mol. The van der Waals surface area contributed by atoms with Crippen LogP contribution in [0.15, 0.2) is 36.4 Å². The van der Waals surface area contributed by atoms with Crippen molar-refractivity contribution < 1.29 is 14.6 Å². The Labute approximate surface area is 119 Å². The molecule has 1 N–H and O–H groups in total. The van der Waals surface area contributed by atoms with E-state index in [1.54, 1.807) is 18.1 Å². The third-order valence-corrected chi connectivity index (χ3v) is 3.77. The zero-order valence-corrected chi connectivity index (χ0v) is 12.0. The van der Waals surface area contributed by atoms with E-state index in [2.05, 4.69) is 0 Å². The molecule has 2 rings (SSSR count). The van der Waals surface area contributed by atoms with Gasteiger partial charge in [0.15, 0.2) is 0 Å². The molecule has 0 unspecified atom stereocenters. The molecule has 4 nitrogen and oxygen atoms in total. The van der Waals surface area contributed by atoms with Gasteiger partial charge in [-0.3, -0.25) is 4.79 Å². The summed E-state index contributed by atoms with van der Waals surface area (Å²) in [4.78, 5) is 14.0. The van der Waals surface area contributed by atoms with Gasteiger partial charge >= 0.3 is 0 Å². The third-order valence-electron chi connectivity index (χ3n) is 3.77. The molecule has 20 heavy (non-hydrogen) atoms. The lowest BCUT2D eigenvalue weighted by Gasteiger charge is -2.21. The lowest BCUT2D eigenvalue weighted by Crippen LogP contribution is -2.37. The smallest absolute Gasteiger partial charge is 0.247 e. The fraction of sp³-hybridized carbons (Fsp3) is 0.438. The Hall–Kier alpha value is -1.65. The second kappa shape index (κ2) is 6.68. The molecule has 0 spiro atoms. The summed E-state index contributed by atoms with van der Waals surface area (Å²) in [5, 5.41) is 9.38. The summed E-state index contributed by atoms with van der Waals surface area (Å²) in [5.74, 6) is -0.0649. The van der Waals surface area contributed by atoms with Gasteiger partial charge in [0.2, 0.25) is 5.91 Å². The second-order valence-electron chi connectivity index (χ2n) is 5.11. The van der Waals surface area contributed by atoms with E-state index in [4.69, 9.17) is 4.74 Å². The van der Waals surface area contributed by atoms with Crippen molar-refractivity contribution in [3.8, 4) is 0 Å². The third kappa shape index (κ3) is 3.26.